The summed E-state index contributed by atoms with van der Waals surface area (Å²) in [6.45, 7) is 6.26. The van der Waals surface area contributed by atoms with Crippen LogP contribution in [0.2, 0.25) is 0 Å². The van der Waals surface area contributed by atoms with Crippen LogP contribution in [0.3, 0.4) is 0 Å². The summed E-state index contributed by atoms with van der Waals surface area (Å²) in [5.41, 5.74) is 1.38. The van der Waals surface area contributed by atoms with Gasteiger partial charge in [-0.05, 0) is 47.6 Å². The Balaban J connectivity index is 2.73. The molecule has 1 rings (SSSR count). The van der Waals surface area contributed by atoms with Gasteiger partial charge in [0.25, 0.3) is 0 Å². The van der Waals surface area contributed by atoms with Gasteiger partial charge in [-0.25, -0.2) is 0 Å². The normalized spacial score (nSPS) is 9.54. The van der Waals surface area contributed by atoms with Crippen molar-refractivity contribution >= 4 is 11.8 Å². The molecule has 0 N–H and O–H groups in total. The molecule has 0 amide bonds. The van der Waals surface area contributed by atoms with E-state index >= 15 is 0 Å². The summed E-state index contributed by atoms with van der Waals surface area (Å²) in [7, 11) is 0. The van der Waals surface area contributed by atoms with Gasteiger partial charge in [-0.3, -0.25) is 0 Å². The van der Waals surface area contributed by atoms with Crippen molar-refractivity contribution < 1.29 is 0 Å². The standard InChI is InChI=1S/C12H14S/c1-4-9-13-12-7-5-11(6-8-12)10(2)3/h5-8,10H,1-3H3. The van der Waals surface area contributed by atoms with E-state index in [-0.39, 0.29) is 0 Å². The molecule has 0 nitrogen and oxygen atoms in total. The lowest BCUT2D eigenvalue weighted by Crippen LogP contribution is -1.85. The largest absolute Gasteiger partial charge is 0.0943 e. The van der Waals surface area contributed by atoms with E-state index in [9.17, 15) is 0 Å². The molecule has 1 aromatic carbocycles. The fourth-order valence-corrected chi connectivity index (χ4v) is 1.52. The molecule has 0 unspecified atom stereocenters. The summed E-state index contributed by atoms with van der Waals surface area (Å²) in [5, 5.41) is 2.98. The van der Waals surface area contributed by atoms with Crippen molar-refractivity contribution in [1.82, 2.24) is 0 Å². The fourth-order valence-electron chi connectivity index (χ4n) is 1.03. The monoisotopic (exact) mass is 190 g/mol. The number of hydrogen-bond acceptors (Lipinski definition) is 1. The maximum atomic E-state index is 2.98. The molecule has 0 fully saturated rings. The van der Waals surface area contributed by atoms with Crippen LogP contribution in [-0.2, 0) is 0 Å². The lowest BCUT2D eigenvalue weighted by molar-refractivity contribution is 0.865. The van der Waals surface area contributed by atoms with Gasteiger partial charge in [-0.1, -0.05) is 31.9 Å². The zero-order valence-electron chi connectivity index (χ0n) is 8.29. The third kappa shape index (κ3) is 3.16. The molecule has 0 aliphatic rings. The SMILES string of the molecule is CC#CSc1ccc(C(C)C)cc1. The van der Waals surface area contributed by atoms with Gasteiger partial charge in [0, 0.05) is 4.90 Å². The Kier molecular flexibility index (Phi) is 3.92. The second-order valence-corrected chi connectivity index (χ2v) is 4.06. The van der Waals surface area contributed by atoms with Gasteiger partial charge in [0.2, 0.25) is 0 Å². The lowest BCUT2D eigenvalue weighted by atomic mass is 10.0. The molecular formula is C12H14S. The van der Waals surface area contributed by atoms with Gasteiger partial charge in [-0.2, -0.15) is 0 Å². The van der Waals surface area contributed by atoms with Gasteiger partial charge < -0.3 is 0 Å². The number of thioether (sulfide) groups is 1. The topological polar surface area (TPSA) is 0 Å². The molecule has 0 atom stereocenters. The minimum atomic E-state index is 0.608. The van der Waals surface area contributed by atoms with Crippen LogP contribution in [0.1, 0.15) is 32.3 Å². The summed E-state index contributed by atoms with van der Waals surface area (Å²) in [5.74, 6) is 3.47. The van der Waals surface area contributed by atoms with Gasteiger partial charge in [0.1, 0.15) is 0 Å². The molecule has 0 radical (unpaired) electrons. The highest BCUT2D eigenvalue weighted by Crippen LogP contribution is 2.20. The van der Waals surface area contributed by atoms with E-state index < -0.39 is 0 Å². The van der Waals surface area contributed by atoms with E-state index in [1.54, 1.807) is 11.8 Å². The Hall–Kier alpha value is -0.870. The van der Waals surface area contributed by atoms with Crippen molar-refractivity contribution in [2.45, 2.75) is 31.6 Å². The van der Waals surface area contributed by atoms with Crippen molar-refractivity contribution in [3.8, 4) is 11.2 Å². The van der Waals surface area contributed by atoms with Crippen LogP contribution in [0.4, 0.5) is 0 Å². The van der Waals surface area contributed by atoms with E-state index in [1.165, 1.54) is 10.5 Å². The van der Waals surface area contributed by atoms with Crippen molar-refractivity contribution in [3.05, 3.63) is 29.8 Å². The predicted molar refractivity (Wildman–Crippen MR) is 59.8 cm³/mol. The predicted octanol–water partition coefficient (Wildman–Crippen LogP) is 3.88. The van der Waals surface area contributed by atoms with Gasteiger partial charge in [0.15, 0.2) is 0 Å². The van der Waals surface area contributed by atoms with Crippen LogP contribution in [0.5, 0.6) is 0 Å². The number of benzene rings is 1. The van der Waals surface area contributed by atoms with Crippen molar-refractivity contribution in [1.29, 1.82) is 0 Å². The molecule has 1 aromatic rings. The first-order valence-corrected chi connectivity index (χ1v) is 5.24. The summed E-state index contributed by atoms with van der Waals surface area (Å²) in [6, 6.07) is 8.60. The van der Waals surface area contributed by atoms with E-state index in [1.807, 2.05) is 6.92 Å². The first-order chi connectivity index (χ1) is 6.24. The first kappa shape index (κ1) is 10.2. The van der Waals surface area contributed by atoms with Crippen LogP contribution in [0.25, 0.3) is 0 Å². The van der Waals surface area contributed by atoms with E-state index in [0.29, 0.717) is 5.92 Å². The molecule has 0 saturated carbocycles. The molecule has 0 bridgehead atoms. The van der Waals surface area contributed by atoms with Crippen LogP contribution in [0.15, 0.2) is 29.2 Å². The van der Waals surface area contributed by atoms with E-state index in [2.05, 4.69) is 49.3 Å². The van der Waals surface area contributed by atoms with Crippen LogP contribution < -0.4 is 0 Å². The van der Waals surface area contributed by atoms with Crippen LogP contribution in [-0.4, -0.2) is 0 Å². The lowest BCUT2D eigenvalue weighted by Gasteiger charge is -2.04. The first-order valence-electron chi connectivity index (χ1n) is 4.42. The quantitative estimate of drug-likeness (QED) is 0.503. The molecule has 1 heteroatoms. The Labute approximate surface area is 84.7 Å². The molecule has 68 valence electrons. The highest BCUT2D eigenvalue weighted by atomic mass is 32.2. The summed E-state index contributed by atoms with van der Waals surface area (Å²) in [4.78, 5) is 1.22. The summed E-state index contributed by atoms with van der Waals surface area (Å²) >= 11 is 1.58. The second kappa shape index (κ2) is 4.99. The van der Waals surface area contributed by atoms with Crippen molar-refractivity contribution in [2.24, 2.45) is 0 Å². The van der Waals surface area contributed by atoms with E-state index in [4.69, 9.17) is 0 Å². The Morgan fingerprint density at radius 2 is 1.77 bits per heavy atom. The summed E-state index contributed by atoms with van der Waals surface area (Å²) < 4.78 is 0. The zero-order valence-corrected chi connectivity index (χ0v) is 9.11. The average molecular weight is 190 g/mol. The van der Waals surface area contributed by atoms with Crippen LogP contribution >= 0.6 is 11.8 Å². The Morgan fingerprint density at radius 3 is 2.23 bits per heavy atom. The molecule has 0 heterocycles. The molecular weight excluding hydrogens is 176 g/mol. The van der Waals surface area contributed by atoms with E-state index in [0.717, 1.165) is 0 Å². The second-order valence-electron chi connectivity index (χ2n) is 3.18. The van der Waals surface area contributed by atoms with Crippen LogP contribution in [0, 0.1) is 11.2 Å². The van der Waals surface area contributed by atoms with Gasteiger partial charge >= 0.3 is 0 Å². The van der Waals surface area contributed by atoms with Crippen molar-refractivity contribution in [3.63, 3.8) is 0 Å². The molecule has 0 spiro atoms. The smallest absolute Gasteiger partial charge is 0.0203 e. The maximum absolute atomic E-state index is 2.98. The third-order valence-electron chi connectivity index (χ3n) is 1.82. The third-order valence-corrected chi connectivity index (χ3v) is 2.63. The highest BCUT2D eigenvalue weighted by molar-refractivity contribution is 8.03. The number of rotatable bonds is 2. The Bertz CT molecular complexity index is 311. The zero-order chi connectivity index (χ0) is 9.68. The molecule has 0 aliphatic carbocycles. The fraction of sp³-hybridized carbons (Fsp3) is 0.333. The number of hydrogen-bond donors (Lipinski definition) is 0. The minimum absolute atomic E-state index is 0.608. The molecule has 0 saturated heterocycles. The highest BCUT2D eigenvalue weighted by Gasteiger charge is 1.97. The van der Waals surface area contributed by atoms with Gasteiger partial charge in [-0.15, -0.1) is 0 Å². The maximum Gasteiger partial charge on any atom is 0.0203 e. The summed E-state index contributed by atoms with van der Waals surface area (Å²) in [6.07, 6.45) is 0. The minimum Gasteiger partial charge on any atom is -0.0943 e. The molecule has 0 aromatic heterocycles. The molecule has 0 aliphatic heterocycles. The van der Waals surface area contributed by atoms with Gasteiger partial charge in [0.05, 0.1) is 0 Å². The Morgan fingerprint density at radius 1 is 1.15 bits per heavy atom. The van der Waals surface area contributed by atoms with Crippen molar-refractivity contribution in [2.75, 3.05) is 0 Å². The molecule has 13 heavy (non-hydrogen) atoms. The average Bonchev–Trinajstić information content (AvgIpc) is 2.15.